The van der Waals surface area contributed by atoms with Crippen LogP contribution in [0.2, 0.25) is 5.28 Å². The van der Waals surface area contributed by atoms with Crippen LogP contribution in [0.3, 0.4) is 0 Å². The molecule has 1 aliphatic heterocycles. The summed E-state index contributed by atoms with van der Waals surface area (Å²) in [5, 5.41) is 0.255. The van der Waals surface area contributed by atoms with Crippen LogP contribution >= 0.6 is 24.2 Å². The molecule has 1 fully saturated rings. The fraction of sp³-hybridized carbons (Fsp3) is 0.500. The third-order valence-corrected chi connectivity index (χ3v) is 3.54. The van der Waals surface area contributed by atoms with Crippen molar-refractivity contribution < 1.29 is 4.74 Å². The second-order valence-corrected chi connectivity index (χ2v) is 4.87. The van der Waals surface area contributed by atoms with Gasteiger partial charge in [0.1, 0.15) is 5.82 Å². The van der Waals surface area contributed by atoms with Crippen LogP contribution in [0.15, 0.2) is 11.0 Å². The molecule has 18 heavy (non-hydrogen) atoms. The molecule has 1 aliphatic rings. The number of rotatable bonds is 2. The van der Waals surface area contributed by atoms with Crippen LogP contribution in [0.4, 0.5) is 5.82 Å². The highest BCUT2D eigenvalue weighted by atomic mass is 35.5. The number of morpholine rings is 1. The fourth-order valence-electron chi connectivity index (χ4n) is 1.82. The van der Waals surface area contributed by atoms with Crippen LogP contribution in [0.5, 0.6) is 0 Å². The number of thiol groups is 1. The van der Waals surface area contributed by atoms with E-state index < -0.39 is 0 Å². The zero-order chi connectivity index (χ0) is 13.1. The highest BCUT2D eigenvalue weighted by Crippen LogP contribution is 2.30. The maximum atomic E-state index is 6.00. The van der Waals surface area contributed by atoms with Gasteiger partial charge in [0.2, 0.25) is 5.28 Å². The third kappa shape index (κ3) is 2.79. The largest absolute Gasteiger partial charge is 0.378 e. The van der Waals surface area contributed by atoms with E-state index in [-0.39, 0.29) is 5.28 Å². The van der Waals surface area contributed by atoms with Crippen LogP contribution in [0.1, 0.15) is 19.5 Å². The molecule has 4 nitrogen and oxygen atoms in total. The Balaban J connectivity index is 2.43. The minimum atomic E-state index is 0.255. The first kappa shape index (κ1) is 13.6. The first-order valence-electron chi connectivity index (χ1n) is 5.86. The van der Waals surface area contributed by atoms with E-state index in [2.05, 4.69) is 27.5 Å². The van der Waals surface area contributed by atoms with Gasteiger partial charge in [0.15, 0.2) is 0 Å². The Hall–Kier alpha value is -0.780. The second kappa shape index (κ2) is 5.91. The number of ether oxygens (including phenoxy) is 1. The van der Waals surface area contributed by atoms with Gasteiger partial charge in [-0.3, -0.25) is 0 Å². The summed E-state index contributed by atoms with van der Waals surface area (Å²) >= 11 is 10.6. The molecule has 1 aromatic heterocycles. The Morgan fingerprint density at radius 3 is 2.67 bits per heavy atom. The summed E-state index contributed by atoms with van der Waals surface area (Å²) < 4.78 is 5.34. The summed E-state index contributed by atoms with van der Waals surface area (Å²) in [7, 11) is 0. The minimum Gasteiger partial charge on any atom is -0.378 e. The van der Waals surface area contributed by atoms with Crippen molar-refractivity contribution in [1.29, 1.82) is 0 Å². The smallest absolute Gasteiger partial charge is 0.224 e. The van der Waals surface area contributed by atoms with Gasteiger partial charge in [0, 0.05) is 13.1 Å². The van der Waals surface area contributed by atoms with E-state index >= 15 is 0 Å². The molecule has 1 aromatic rings. The Morgan fingerprint density at radius 1 is 1.39 bits per heavy atom. The SMILES string of the molecule is C/C=C(\C)c1nc(Cl)nc(N2CCOCC2)c1S. The number of hydrogen-bond donors (Lipinski definition) is 1. The van der Waals surface area contributed by atoms with E-state index in [9.17, 15) is 0 Å². The van der Waals surface area contributed by atoms with Gasteiger partial charge in [0.05, 0.1) is 23.8 Å². The minimum absolute atomic E-state index is 0.255. The van der Waals surface area contributed by atoms with Crippen molar-refractivity contribution in [3.05, 3.63) is 17.1 Å². The molecular formula is C12H16ClN3OS. The second-order valence-electron chi connectivity index (χ2n) is 4.08. The topological polar surface area (TPSA) is 38.2 Å². The molecule has 0 spiro atoms. The molecular weight excluding hydrogens is 270 g/mol. The molecule has 0 radical (unpaired) electrons. The lowest BCUT2D eigenvalue weighted by Crippen LogP contribution is -2.37. The molecule has 1 saturated heterocycles. The Morgan fingerprint density at radius 2 is 2.06 bits per heavy atom. The van der Waals surface area contributed by atoms with Gasteiger partial charge in [0.25, 0.3) is 0 Å². The van der Waals surface area contributed by atoms with Crippen molar-refractivity contribution >= 4 is 35.6 Å². The van der Waals surface area contributed by atoms with Gasteiger partial charge in [-0.15, -0.1) is 12.6 Å². The number of aromatic nitrogens is 2. The molecule has 0 aliphatic carbocycles. The monoisotopic (exact) mass is 285 g/mol. The molecule has 0 aromatic carbocycles. The predicted octanol–water partition coefficient (Wildman–Crippen LogP) is 2.68. The molecule has 0 amide bonds. The summed E-state index contributed by atoms with van der Waals surface area (Å²) in [4.78, 5) is 11.5. The molecule has 0 saturated carbocycles. The molecule has 98 valence electrons. The lowest BCUT2D eigenvalue weighted by Gasteiger charge is -2.29. The average molecular weight is 286 g/mol. The number of hydrogen-bond acceptors (Lipinski definition) is 5. The highest BCUT2D eigenvalue weighted by molar-refractivity contribution is 7.80. The van der Waals surface area contributed by atoms with E-state index in [1.807, 2.05) is 19.9 Å². The van der Waals surface area contributed by atoms with Crippen LogP contribution < -0.4 is 4.90 Å². The van der Waals surface area contributed by atoms with Crippen molar-refractivity contribution in [2.45, 2.75) is 18.7 Å². The molecule has 0 unspecified atom stereocenters. The van der Waals surface area contributed by atoms with Crippen LogP contribution in [-0.4, -0.2) is 36.3 Å². The normalized spacial score (nSPS) is 17.1. The third-order valence-electron chi connectivity index (χ3n) is 2.96. The van der Waals surface area contributed by atoms with E-state index in [0.29, 0.717) is 13.2 Å². The number of allylic oxidation sites excluding steroid dienone is 2. The number of halogens is 1. The fourth-order valence-corrected chi connectivity index (χ4v) is 2.41. The summed E-state index contributed by atoms with van der Waals surface area (Å²) in [5.74, 6) is 0.790. The maximum Gasteiger partial charge on any atom is 0.224 e. The maximum absolute atomic E-state index is 6.00. The van der Waals surface area contributed by atoms with Gasteiger partial charge in [-0.2, -0.15) is 4.98 Å². The molecule has 6 heteroatoms. The van der Waals surface area contributed by atoms with Gasteiger partial charge in [-0.1, -0.05) is 6.08 Å². The molecule has 0 bridgehead atoms. The molecule has 2 heterocycles. The van der Waals surface area contributed by atoms with E-state index in [1.165, 1.54) is 0 Å². The zero-order valence-electron chi connectivity index (χ0n) is 10.5. The van der Waals surface area contributed by atoms with Crippen molar-refractivity contribution in [2.24, 2.45) is 0 Å². The lowest BCUT2D eigenvalue weighted by molar-refractivity contribution is 0.122. The van der Waals surface area contributed by atoms with Crippen LogP contribution in [0, 0.1) is 0 Å². The van der Waals surface area contributed by atoms with Gasteiger partial charge in [-0.05, 0) is 31.0 Å². The number of nitrogens with zero attached hydrogens (tertiary/aromatic N) is 3. The van der Waals surface area contributed by atoms with Gasteiger partial charge in [-0.25, -0.2) is 4.98 Å². The average Bonchev–Trinajstić information content (AvgIpc) is 2.41. The quantitative estimate of drug-likeness (QED) is 0.670. The van der Waals surface area contributed by atoms with Crippen molar-refractivity contribution in [1.82, 2.24) is 9.97 Å². The van der Waals surface area contributed by atoms with Crippen molar-refractivity contribution in [2.75, 3.05) is 31.2 Å². The van der Waals surface area contributed by atoms with Gasteiger partial charge >= 0.3 is 0 Å². The summed E-state index contributed by atoms with van der Waals surface area (Å²) in [5.41, 5.74) is 1.83. The van der Waals surface area contributed by atoms with E-state index in [0.717, 1.165) is 35.1 Å². The standard InChI is InChI=1S/C12H16ClN3OS/c1-3-8(2)9-10(18)11(15-12(13)14-9)16-4-6-17-7-5-16/h3,18H,4-7H2,1-2H3/b8-3+. The van der Waals surface area contributed by atoms with Crippen molar-refractivity contribution in [3.63, 3.8) is 0 Å². The molecule has 0 N–H and O–H groups in total. The predicted molar refractivity (Wildman–Crippen MR) is 76.7 cm³/mol. The Labute approximate surface area is 117 Å². The Bertz CT molecular complexity index is 473. The number of anilines is 1. The molecule has 0 atom stereocenters. The summed E-state index contributed by atoms with van der Waals surface area (Å²) in [6.45, 7) is 6.96. The summed E-state index contributed by atoms with van der Waals surface area (Å²) in [6.07, 6.45) is 1.99. The highest BCUT2D eigenvalue weighted by Gasteiger charge is 2.19. The van der Waals surface area contributed by atoms with Crippen LogP contribution in [0.25, 0.3) is 5.57 Å². The summed E-state index contributed by atoms with van der Waals surface area (Å²) in [6, 6.07) is 0. The van der Waals surface area contributed by atoms with E-state index in [1.54, 1.807) is 0 Å². The van der Waals surface area contributed by atoms with Gasteiger partial charge < -0.3 is 9.64 Å². The molecule has 2 rings (SSSR count). The Kier molecular flexibility index (Phi) is 4.48. The van der Waals surface area contributed by atoms with E-state index in [4.69, 9.17) is 16.3 Å². The first-order chi connectivity index (χ1) is 8.63. The van der Waals surface area contributed by atoms with Crippen LogP contribution in [-0.2, 0) is 4.74 Å². The zero-order valence-corrected chi connectivity index (χ0v) is 12.1. The lowest BCUT2D eigenvalue weighted by atomic mass is 10.2. The van der Waals surface area contributed by atoms with Crippen molar-refractivity contribution in [3.8, 4) is 0 Å². The first-order valence-corrected chi connectivity index (χ1v) is 6.68.